The SMILES string of the molecule is C=C(Cl)CNCc1c(C)nn(-c2ccccc2)c1C. The molecule has 0 bridgehead atoms. The third-order valence-corrected chi connectivity index (χ3v) is 3.19. The molecule has 100 valence electrons. The highest BCUT2D eigenvalue weighted by atomic mass is 35.5. The molecule has 3 nitrogen and oxygen atoms in total. The van der Waals surface area contributed by atoms with Crippen LogP contribution in [0.25, 0.3) is 5.69 Å². The first-order chi connectivity index (χ1) is 9.09. The molecule has 0 aliphatic heterocycles. The largest absolute Gasteiger partial charge is 0.308 e. The monoisotopic (exact) mass is 275 g/mol. The third-order valence-electron chi connectivity index (χ3n) is 3.06. The summed E-state index contributed by atoms with van der Waals surface area (Å²) in [6.45, 7) is 9.13. The second kappa shape index (κ2) is 6.04. The normalized spacial score (nSPS) is 10.7. The van der Waals surface area contributed by atoms with Gasteiger partial charge in [0.2, 0.25) is 0 Å². The molecule has 1 aromatic heterocycles. The second-order valence-electron chi connectivity index (χ2n) is 4.52. The van der Waals surface area contributed by atoms with Gasteiger partial charge in [0.15, 0.2) is 0 Å². The Hall–Kier alpha value is -1.58. The Morgan fingerprint density at radius 1 is 1.32 bits per heavy atom. The van der Waals surface area contributed by atoms with Gasteiger partial charge in [-0.25, -0.2) is 4.68 Å². The lowest BCUT2D eigenvalue weighted by atomic mass is 10.2. The van der Waals surface area contributed by atoms with Crippen molar-refractivity contribution in [2.75, 3.05) is 6.54 Å². The van der Waals surface area contributed by atoms with Gasteiger partial charge in [0.05, 0.1) is 11.4 Å². The zero-order valence-electron chi connectivity index (χ0n) is 11.3. The molecule has 0 saturated carbocycles. The molecule has 0 aliphatic rings. The lowest BCUT2D eigenvalue weighted by Gasteiger charge is -2.06. The quantitative estimate of drug-likeness (QED) is 0.907. The van der Waals surface area contributed by atoms with Gasteiger partial charge in [-0.15, -0.1) is 0 Å². The maximum atomic E-state index is 5.75. The van der Waals surface area contributed by atoms with Gasteiger partial charge < -0.3 is 5.32 Å². The molecule has 0 amide bonds. The second-order valence-corrected chi connectivity index (χ2v) is 5.05. The summed E-state index contributed by atoms with van der Waals surface area (Å²) in [5, 5.41) is 8.48. The van der Waals surface area contributed by atoms with Gasteiger partial charge in [0.1, 0.15) is 0 Å². The summed E-state index contributed by atoms with van der Waals surface area (Å²) in [5.41, 5.74) is 4.48. The van der Waals surface area contributed by atoms with Crippen LogP contribution >= 0.6 is 11.6 Å². The average molecular weight is 276 g/mol. The molecule has 19 heavy (non-hydrogen) atoms. The van der Waals surface area contributed by atoms with Crippen molar-refractivity contribution in [3.8, 4) is 5.69 Å². The molecule has 0 saturated heterocycles. The number of nitrogens with one attached hydrogen (secondary N) is 1. The summed E-state index contributed by atoms with van der Waals surface area (Å²) >= 11 is 5.75. The lowest BCUT2D eigenvalue weighted by Crippen LogP contribution is -2.15. The minimum absolute atomic E-state index is 0.608. The first-order valence-corrected chi connectivity index (χ1v) is 6.62. The highest BCUT2D eigenvalue weighted by molar-refractivity contribution is 6.29. The fourth-order valence-electron chi connectivity index (χ4n) is 2.07. The molecule has 0 atom stereocenters. The van der Waals surface area contributed by atoms with Crippen molar-refractivity contribution in [2.45, 2.75) is 20.4 Å². The Morgan fingerprint density at radius 2 is 2.00 bits per heavy atom. The van der Waals surface area contributed by atoms with Gasteiger partial charge in [-0.2, -0.15) is 5.10 Å². The van der Waals surface area contributed by atoms with Crippen LogP contribution in [0.1, 0.15) is 17.0 Å². The number of aryl methyl sites for hydroxylation is 1. The molecule has 4 heteroatoms. The van der Waals surface area contributed by atoms with E-state index in [4.69, 9.17) is 11.6 Å². The summed E-state index contributed by atoms with van der Waals surface area (Å²) in [7, 11) is 0. The average Bonchev–Trinajstić information content (AvgIpc) is 2.67. The Morgan fingerprint density at radius 3 is 2.63 bits per heavy atom. The van der Waals surface area contributed by atoms with E-state index in [0.717, 1.165) is 23.6 Å². The Balaban J connectivity index is 2.22. The van der Waals surface area contributed by atoms with E-state index in [9.17, 15) is 0 Å². The zero-order chi connectivity index (χ0) is 13.8. The first-order valence-electron chi connectivity index (χ1n) is 6.24. The topological polar surface area (TPSA) is 29.9 Å². The van der Waals surface area contributed by atoms with Crippen LogP contribution in [0.3, 0.4) is 0 Å². The van der Waals surface area contributed by atoms with Crippen molar-refractivity contribution in [1.29, 1.82) is 0 Å². The van der Waals surface area contributed by atoms with E-state index in [0.29, 0.717) is 11.6 Å². The predicted molar refractivity (Wildman–Crippen MR) is 79.7 cm³/mol. The Bertz CT molecular complexity index is 573. The number of nitrogens with zero attached hydrogens (tertiary/aromatic N) is 2. The van der Waals surface area contributed by atoms with Crippen LogP contribution in [0.2, 0.25) is 0 Å². The maximum absolute atomic E-state index is 5.75. The van der Waals surface area contributed by atoms with Crippen LogP contribution < -0.4 is 5.32 Å². The Kier molecular flexibility index (Phi) is 4.40. The molecule has 2 rings (SSSR count). The van der Waals surface area contributed by atoms with E-state index in [1.807, 2.05) is 29.8 Å². The summed E-state index contributed by atoms with van der Waals surface area (Å²) in [4.78, 5) is 0. The molecule has 1 N–H and O–H groups in total. The van der Waals surface area contributed by atoms with Gasteiger partial charge in [-0.1, -0.05) is 36.4 Å². The van der Waals surface area contributed by atoms with Crippen LogP contribution in [0.5, 0.6) is 0 Å². The van der Waals surface area contributed by atoms with Crippen LogP contribution in [0.15, 0.2) is 41.9 Å². The predicted octanol–water partition coefficient (Wildman–Crippen LogP) is 3.33. The molecule has 0 fully saturated rings. The molecule has 1 aromatic carbocycles. The maximum Gasteiger partial charge on any atom is 0.0648 e. The van der Waals surface area contributed by atoms with E-state index in [1.165, 1.54) is 5.56 Å². The number of hydrogen-bond acceptors (Lipinski definition) is 2. The minimum atomic E-state index is 0.608. The molecular formula is C15H18ClN3. The van der Waals surface area contributed by atoms with Crippen LogP contribution in [0, 0.1) is 13.8 Å². The van der Waals surface area contributed by atoms with Crippen molar-refractivity contribution >= 4 is 11.6 Å². The lowest BCUT2D eigenvalue weighted by molar-refractivity contribution is 0.745. The highest BCUT2D eigenvalue weighted by Gasteiger charge is 2.11. The minimum Gasteiger partial charge on any atom is -0.308 e. The number of aromatic nitrogens is 2. The van der Waals surface area contributed by atoms with E-state index in [-0.39, 0.29) is 0 Å². The van der Waals surface area contributed by atoms with Crippen molar-refractivity contribution in [2.24, 2.45) is 0 Å². The molecule has 2 aromatic rings. The van der Waals surface area contributed by atoms with Gasteiger partial charge in [0.25, 0.3) is 0 Å². The number of benzene rings is 1. The summed E-state index contributed by atoms with van der Waals surface area (Å²) in [6.07, 6.45) is 0. The molecule has 0 aliphatic carbocycles. The van der Waals surface area contributed by atoms with Gasteiger partial charge in [-0.05, 0) is 26.0 Å². The number of para-hydroxylation sites is 1. The van der Waals surface area contributed by atoms with Crippen molar-refractivity contribution < 1.29 is 0 Å². The summed E-state index contributed by atoms with van der Waals surface area (Å²) in [5.74, 6) is 0. The summed E-state index contributed by atoms with van der Waals surface area (Å²) in [6, 6.07) is 10.1. The van der Waals surface area contributed by atoms with E-state index < -0.39 is 0 Å². The van der Waals surface area contributed by atoms with Gasteiger partial charge >= 0.3 is 0 Å². The molecule has 0 spiro atoms. The fraction of sp³-hybridized carbons (Fsp3) is 0.267. The van der Waals surface area contributed by atoms with Gasteiger partial charge in [0, 0.05) is 29.4 Å². The van der Waals surface area contributed by atoms with Crippen molar-refractivity contribution in [3.63, 3.8) is 0 Å². The number of rotatable bonds is 5. The van der Waals surface area contributed by atoms with E-state index in [1.54, 1.807) is 0 Å². The van der Waals surface area contributed by atoms with Crippen LogP contribution in [0.4, 0.5) is 0 Å². The van der Waals surface area contributed by atoms with E-state index in [2.05, 4.69) is 36.1 Å². The highest BCUT2D eigenvalue weighted by Crippen LogP contribution is 2.17. The van der Waals surface area contributed by atoms with Crippen LogP contribution in [-0.2, 0) is 6.54 Å². The standard InChI is InChI=1S/C15H18ClN3/c1-11(16)9-17-10-15-12(2)18-19(13(15)3)14-7-5-4-6-8-14/h4-8,17H,1,9-10H2,2-3H3. The molecule has 1 heterocycles. The smallest absolute Gasteiger partial charge is 0.0648 e. The van der Waals surface area contributed by atoms with E-state index >= 15 is 0 Å². The molecule has 0 unspecified atom stereocenters. The zero-order valence-corrected chi connectivity index (χ0v) is 12.0. The van der Waals surface area contributed by atoms with Crippen molar-refractivity contribution in [1.82, 2.24) is 15.1 Å². The molecule has 0 radical (unpaired) electrons. The van der Waals surface area contributed by atoms with Gasteiger partial charge in [-0.3, -0.25) is 0 Å². The molecular weight excluding hydrogens is 258 g/mol. The summed E-state index contributed by atoms with van der Waals surface area (Å²) < 4.78 is 1.97. The third kappa shape index (κ3) is 3.25. The van der Waals surface area contributed by atoms with Crippen molar-refractivity contribution in [3.05, 3.63) is 58.9 Å². The Labute approximate surface area is 118 Å². The first kappa shape index (κ1) is 13.8. The fourth-order valence-corrected chi connectivity index (χ4v) is 2.17. The number of hydrogen-bond donors (Lipinski definition) is 1. The number of halogens is 1. The van der Waals surface area contributed by atoms with Crippen LogP contribution in [-0.4, -0.2) is 16.3 Å².